The molecule has 0 spiro atoms. The van der Waals surface area contributed by atoms with Crippen molar-refractivity contribution >= 4 is 11.7 Å². The van der Waals surface area contributed by atoms with Gasteiger partial charge in [-0.3, -0.25) is 0 Å². The quantitative estimate of drug-likeness (QED) is 0.751. The second kappa shape index (κ2) is 7.69. The van der Waals surface area contributed by atoms with Gasteiger partial charge in [-0.25, -0.2) is 9.18 Å². The van der Waals surface area contributed by atoms with Crippen molar-refractivity contribution in [1.29, 1.82) is 0 Å². The first-order chi connectivity index (χ1) is 9.42. The molecule has 3 N–H and O–H groups in total. The van der Waals surface area contributed by atoms with Crippen LogP contribution in [0.15, 0.2) is 18.2 Å². The summed E-state index contributed by atoms with van der Waals surface area (Å²) in [6.45, 7) is 4.15. The number of hydrogen-bond acceptors (Lipinski definition) is 3. The SMILES string of the molecule is COc1cc(F)ccc1NC(=O)NCC(O)CC(C)C. The minimum atomic E-state index is -0.587. The summed E-state index contributed by atoms with van der Waals surface area (Å²) in [6, 6.07) is 3.35. The van der Waals surface area contributed by atoms with Crippen molar-refractivity contribution in [2.75, 3.05) is 19.0 Å². The van der Waals surface area contributed by atoms with E-state index in [-0.39, 0.29) is 12.3 Å². The summed E-state index contributed by atoms with van der Waals surface area (Å²) in [4.78, 5) is 11.7. The molecule has 0 aliphatic rings. The zero-order valence-electron chi connectivity index (χ0n) is 11.9. The third kappa shape index (κ3) is 5.44. The van der Waals surface area contributed by atoms with Crippen LogP contribution in [0.2, 0.25) is 0 Å². The molecule has 0 saturated heterocycles. The van der Waals surface area contributed by atoms with E-state index in [9.17, 15) is 14.3 Å². The van der Waals surface area contributed by atoms with Gasteiger partial charge >= 0.3 is 6.03 Å². The molecule has 0 aliphatic carbocycles. The number of aliphatic hydroxyl groups excluding tert-OH is 1. The van der Waals surface area contributed by atoms with Crippen LogP contribution in [0, 0.1) is 11.7 Å². The van der Waals surface area contributed by atoms with E-state index in [4.69, 9.17) is 4.74 Å². The Morgan fingerprint density at radius 1 is 1.45 bits per heavy atom. The third-order valence-electron chi connectivity index (χ3n) is 2.65. The number of ether oxygens (including phenoxy) is 1. The lowest BCUT2D eigenvalue weighted by Gasteiger charge is -2.15. The normalized spacial score (nSPS) is 12.1. The molecule has 20 heavy (non-hydrogen) atoms. The van der Waals surface area contributed by atoms with E-state index >= 15 is 0 Å². The Labute approximate surface area is 118 Å². The van der Waals surface area contributed by atoms with Crippen molar-refractivity contribution in [2.24, 2.45) is 5.92 Å². The van der Waals surface area contributed by atoms with E-state index in [0.29, 0.717) is 18.0 Å². The van der Waals surface area contributed by atoms with E-state index in [1.807, 2.05) is 13.8 Å². The van der Waals surface area contributed by atoms with Gasteiger partial charge in [-0.15, -0.1) is 0 Å². The Hall–Kier alpha value is -1.82. The van der Waals surface area contributed by atoms with Crippen LogP contribution in [-0.4, -0.2) is 30.9 Å². The maximum Gasteiger partial charge on any atom is 0.319 e. The number of amides is 2. The minimum Gasteiger partial charge on any atom is -0.494 e. The number of urea groups is 1. The van der Waals surface area contributed by atoms with E-state index in [2.05, 4.69) is 10.6 Å². The van der Waals surface area contributed by atoms with Crippen LogP contribution in [0.4, 0.5) is 14.9 Å². The van der Waals surface area contributed by atoms with Crippen molar-refractivity contribution in [3.05, 3.63) is 24.0 Å². The van der Waals surface area contributed by atoms with Crippen LogP contribution in [0.5, 0.6) is 5.75 Å². The third-order valence-corrected chi connectivity index (χ3v) is 2.65. The molecule has 1 aromatic carbocycles. The van der Waals surface area contributed by atoms with Crippen LogP contribution in [-0.2, 0) is 0 Å². The molecule has 5 nitrogen and oxygen atoms in total. The molecule has 0 aromatic heterocycles. The molecule has 6 heteroatoms. The summed E-state index contributed by atoms with van der Waals surface area (Å²) in [5.74, 6) is 0.148. The number of benzene rings is 1. The average Bonchev–Trinajstić information content (AvgIpc) is 2.37. The highest BCUT2D eigenvalue weighted by atomic mass is 19.1. The van der Waals surface area contributed by atoms with Crippen molar-refractivity contribution < 1.29 is 19.0 Å². The largest absolute Gasteiger partial charge is 0.494 e. The maximum atomic E-state index is 13.0. The number of nitrogens with one attached hydrogen (secondary N) is 2. The molecule has 0 aliphatic heterocycles. The molecule has 1 aromatic rings. The van der Waals surface area contributed by atoms with Gasteiger partial charge in [0.1, 0.15) is 11.6 Å². The Morgan fingerprint density at radius 2 is 2.15 bits per heavy atom. The molecule has 2 amide bonds. The van der Waals surface area contributed by atoms with Gasteiger partial charge in [0.05, 0.1) is 18.9 Å². The Balaban J connectivity index is 2.50. The molecule has 1 rings (SSSR count). The number of hydrogen-bond donors (Lipinski definition) is 3. The number of rotatable bonds is 6. The lowest BCUT2D eigenvalue weighted by atomic mass is 10.1. The first kappa shape index (κ1) is 16.2. The van der Waals surface area contributed by atoms with E-state index in [1.165, 1.54) is 25.3 Å². The van der Waals surface area contributed by atoms with Gasteiger partial charge < -0.3 is 20.5 Å². The smallest absolute Gasteiger partial charge is 0.319 e. The molecule has 0 fully saturated rings. The molecule has 1 atom stereocenters. The van der Waals surface area contributed by atoms with Gasteiger partial charge in [0.15, 0.2) is 0 Å². The minimum absolute atomic E-state index is 0.160. The Kier molecular flexibility index (Phi) is 6.24. The van der Waals surface area contributed by atoms with E-state index in [1.54, 1.807) is 0 Å². The summed E-state index contributed by atoms with van der Waals surface area (Å²) in [6.07, 6.45) is 0.0241. The van der Waals surface area contributed by atoms with Gasteiger partial charge in [0, 0.05) is 12.6 Å². The molecule has 0 saturated carbocycles. The summed E-state index contributed by atoms with van der Waals surface area (Å²) in [5.41, 5.74) is 0.366. The van der Waals surface area contributed by atoms with Crippen LogP contribution in [0.25, 0.3) is 0 Å². The highest BCUT2D eigenvalue weighted by Crippen LogP contribution is 2.24. The standard InChI is InChI=1S/C14H21FN2O3/c1-9(2)6-11(18)8-16-14(19)17-12-5-4-10(15)7-13(12)20-3/h4-5,7,9,11,18H,6,8H2,1-3H3,(H2,16,17,19). The van der Waals surface area contributed by atoms with Crippen LogP contribution >= 0.6 is 0 Å². The lowest BCUT2D eigenvalue weighted by Crippen LogP contribution is -2.35. The second-order valence-corrected chi connectivity index (χ2v) is 4.96. The number of carbonyl (C=O) groups excluding carboxylic acids is 1. The average molecular weight is 284 g/mol. The summed E-state index contributed by atoms with van der Waals surface area (Å²) in [7, 11) is 1.39. The van der Waals surface area contributed by atoms with Gasteiger partial charge in [0.2, 0.25) is 0 Å². The van der Waals surface area contributed by atoms with Crippen molar-refractivity contribution in [3.63, 3.8) is 0 Å². The highest BCUT2D eigenvalue weighted by Gasteiger charge is 2.11. The molecule has 0 bridgehead atoms. The number of halogens is 1. The number of anilines is 1. The first-order valence-electron chi connectivity index (χ1n) is 6.48. The number of carbonyl (C=O) groups is 1. The molecule has 1 unspecified atom stereocenters. The maximum absolute atomic E-state index is 13.0. The Morgan fingerprint density at radius 3 is 2.75 bits per heavy atom. The molecular weight excluding hydrogens is 263 g/mol. The number of methoxy groups -OCH3 is 1. The zero-order valence-corrected chi connectivity index (χ0v) is 11.9. The number of aliphatic hydroxyl groups is 1. The fraction of sp³-hybridized carbons (Fsp3) is 0.500. The predicted molar refractivity (Wildman–Crippen MR) is 75.4 cm³/mol. The van der Waals surface area contributed by atoms with Crippen molar-refractivity contribution in [2.45, 2.75) is 26.4 Å². The van der Waals surface area contributed by atoms with Gasteiger partial charge in [-0.2, -0.15) is 0 Å². The fourth-order valence-electron chi connectivity index (χ4n) is 1.77. The van der Waals surface area contributed by atoms with Crippen LogP contribution < -0.4 is 15.4 Å². The van der Waals surface area contributed by atoms with Crippen molar-refractivity contribution in [1.82, 2.24) is 5.32 Å². The summed E-state index contributed by atoms with van der Waals surface area (Å²) in [5, 5.41) is 14.8. The van der Waals surface area contributed by atoms with Crippen LogP contribution in [0.1, 0.15) is 20.3 Å². The van der Waals surface area contributed by atoms with Gasteiger partial charge in [0.25, 0.3) is 0 Å². The molecule has 0 radical (unpaired) electrons. The Bertz CT molecular complexity index is 452. The summed E-state index contributed by atoms with van der Waals surface area (Å²) >= 11 is 0. The topological polar surface area (TPSA) is 70.6 Å². The predicted octanol–water partition coefficient (Wildman–Crippen LogP) is 2.36. The first-order valence-corrected chi connectivity index (χ1v) is 6.48. The van der Waals surface area contributed by atoms with E-state index in [0.717, 1.165) is 0 Å². The van der Waals surface area contributed by atoms with Crippen molar-refractivity contribution in [3.8, 4) is 5.75 Å². The lowest BCUT2D eigenvalue weighted by molar-refractivity contribution is 0.148. The van der Waals surface area contributed by atoms with Gasteiger partial charge in [-0.1, -0.05) is 13.8 Å². The second-order valence-electron chi connectivity index (χ2n) is 4.96. The molecular formula is C14H21FN2O3. The summed E-state index contributed by atoms with van der Waals surface area (Å²) < 4.78 is 18.0. The fourth-order valence-corrected chi connectivity index (χ4v) is 1.77. The van der Waals surface area contributed by atoms with Gasteiger partial charge in [-0.05, 0) is 24.5 Å². The zero-order chi connectivity index (χ0) is 15.1. The van der Waals surface area contributed by atoms with E-state index < -0.39 is 18.0 Å². The highest BCUT2D eigenvalue weighted by molar-refractivity contribution is 5.90. The van der Waals surface area contributed by atoms with Crippen LogP contribution in [0.3, 0.4) is 0 Å². The molecule has 112 valence electrons. The monoisotopic (exact) mass is 284 g/mol. The molecule has 0 heterocycles.